The Labute approximate surface area is 120 Å². The van der Waals surface area contributed by atoms with Gasteiger partial charge in [0.15, 0.2) is 0 Å². The van der Waals surface area contributed by atoms with Gasteiger partial charge in [0.05, 0.1) is 5.92 Å². The molecule has 0 N–H and O–H groups in total. The number of carbonyl (C=O) groups excluding carboxylic acids is 1. The molecule has 104 valence electrons. The van der Waals surface area contributed by atoms with E-state index in [1.54, 1.807) is 12.1 Å². The Morgan fingerprint density at radius 1 is 1.32 bits per heavy atom. The predicted octanol–water partition coefficient (Wildman–Crippen LogP) is 4.77. The summed E-state index contributed by atoms with van der Waals surface area (Å²) >= 11 is 5.89. The average Bonchev–Trinajstić information content (AvgIpc) is 2.42. The lowest BCUT2D eigenvalue weighted by Crippen LogP contribution is -2.25. The minimum atomic E-state index is -0.0834. The summed E-state index contributed by atoms with van der Waals surface area (Å²) < 4.78 is 5.51. The molecule has 0 unspecified atom stereocenters. The lowest BCUT2D eigenvalue weighted by Gasteiger charge is -2.26. The highest BCUT2D eigenvalue weighted by Crippen LogP contribution is 2.32. The van der Waals surface area contributed by atoms with Crippen molar-refractivity contribution in [3.05, 3.63) is 28.8 Å². The van der Waals surface area contributed by atoms with E-state index in [4.69, 9.17) is 16.3 Å². The van der Waals surface area contributed by atoms with Crippen LogP contribution < -0.4 is 4.74 Å². The topological polar surface area (TPSA) is 26.3 Å². The molecule has 0 aromatic heterocycles. The van der Waals surface area contributed by atoms with Crippen LogP contribution in [0.2, 0.25) is 5.02 Å². The molecule has 1 aromatic carbocycles. The van der Waals surface area contributed by atoms with Crippen molar-refractivity contribution in [2.24, 2.45) is 11.8 Å². The van der Waals surface area contributed by atoms with Crippen LogP contribution in [0.4, 0.5) is 0 Å². The second-order valence-electron chi connectivity index (χ2n) is 5.46. The Hall–Kier alpha value is -1.02. The van der Waals surface area contributed by atoms with Gasteiger partial charge in [-0.15, -0.1) is 0 Å². The lowest BCUT2D eigenvalue weighted by molar-refractivity contribution is -0.140. The predicted molar refractivity (Wildman–Crippen MR) is 77.6 cm³/mol. The van der Waals surface area contributed by atoms with Gasteiger partial charge in [0.25, 0.3) is 0 Å². The van der Waals surface area contributed by atoms with Crippen LogP contribution in [0.25, 0.3) is 0 Å². The Balaban J connectivity index is 1.94. The molecule has 3 heteroatoms. The van der Waals surface area contributed by atoms with E-state index in [0.29, 0.717) is 10.8 Å². The summed E-state index contributed by atoms with van der Waals surface area (Å²) in [7, 11) is 0. The summed E-state index contributed by atoms with van der Waals surface area (Å²) in [6, 6.07) is 5.34. The Morgan fingerprint density at radius 2 is 2.00 bits per heavy atom. The fourth-order valence-corrected chi connectivity index (χ4v) is 2.95. The van der Waals surface area contributed by atoms with E-state index in [-0.39, 0.29) is 11.9 Å². The summed E-state index contributed by atoms with van der Waals surface area (Å²) in [5.74, 6) is 1.41. The molecule has 1 aliphatic carbocycles. The minimum absolute atomic E-state index is 0.0675. The van der Waals surface area contributed by atoms with E-state index in [0.717, 1.165) is 37.2 Å². The number of benzene rings is 1. The van der Waals surface area contributed by atoms with Crippen molar-refractivity contribution in [2.75, 3.05) is 0 Å². The number of hydrogen-bond acceptors (Lipinski definition) is 2. The summed E-state index contributed by atoms with van der Waals surface area (Å²) in [5, 5.41) is 0.667. The van der Waals surface area contributed by atoms with E-state index in [9.17, 15) is 4.79 Å². The van der Waals surface area contributed by atoms with Crippen molar-refractivity contribution in [3.8, 4) is 5.75 Å². The number of hydrogen-bond donors (Lipinski definition) is 0. The second kappa shape index (κ2) is 6.42. The van der Waals surface area contributed by atoms with Gasteiger partial charge >= 0.3 is 5.97 Å². The number of aryl methyl sites for hydroxylation is 1. The van der Waals surface area contributed by atoms with Gasteiger partial charge < -0.3 is 4.74 Å². The normalized spacial score (nSPS) is 23.1. The number of esters is 1. The van der Waals surface area contributed by atoms with Crippen molar-refractivity contribution >= 4 is 17.6 Å². The zero-order valence-electron chi connectivity index (χ0n) is 11.6. The smallest absolute Gasteiger partial charge is 0.314 e. The lowest BCUT2D eigenvalue weighted by atomic mass is 9.81. The van der Waals surface area contributed by atoms with Crippen LogP contribution in [0.15, 0.2) is 18.2 Å². The molecule has 2 nitrogen and oxygen atoms in total. The van der Waals surface area contributed by atoms with E-state index >= 15 is 0 Å². The van der Waals surface area contributed by atoms with Crippen molar-refractivity contribution in [3.63, 3.8) is 0 Å². The fourth-order valence-electron chi connectivity index (χ4n) is 2.73. The molecule has 0 heterocycles. The SMILES string of the molecule is CC[C@H]1CC[C@H](C(=O)Oc2ccc(Cl)cc2C)CC1. The molecule has 1 aromatic rings. The number of ether oxygens (including phenoxy) is 1. The number of rotatable bonds is 3. The maximum atomic E-state index is 12.1. The monoisotopic (exact) mass is 280 g/mol. The van der Waals surface area contributed by atoms with Gasteiger partial charge in [-0.3, -0.25) is 4.79 Å². The molecular formula is C16H21ClO2. The van der Waals surface area contributed by atoms with Gasteiger partial charge in [-0.25, -0.2) is 0 Å². The largest absolute Gasteiger partial charge is 0.426 e. The molecule has 0 radical (unpaired) electrons. The van der Waals surface area contributed by atoms with Crippen molar-refractivity contribution < 1.29 is 9.53 Å². The van der Waals surface area contributed by atoms with Crippen LogP contribution in [0.5, 0.6) is 5.75 Å². The zero-order valence-corrected chi connectivity index (χ0v) is 12.4. The van der Waals surface area contributed by atoms with Gasteiger partial charge in [-0.1, -0.05) is 24.9 Å². The van der Waals surface area contributed by atoms with Gasteiger partial charge in [0.2, 0.25) is 0 Å². The van der Waals surface area contributed by atoms with Crippen LogP contribution in [0.3, 0.4) is 0 Å². The maximum absolute atomic E-state index is 12.1. The highest BCUT2D eigenvalue weighted by molar-refractivity contribution is 6.30. The van der Waals surface area contributed by atoms with Crippen LogP contribution in [0.1, 0.15) is 44.6 Å². The van der Waals surface area contributed by atoms with E-state index in [1.165, 1.54) is 6.42 Å². The Kier molecular flexibility index (Phi) is 4.87. The Bertz CT molecular complexity index is 448. The third-order valence-corrected chi connectivity index (χ3v) is 4.34. The van der Waals surface area contributed by atoms with Crippen LogP contribution >= 0.6 is 11.6 Å². The first-order valence-corrected chi connectivity index (χ1v) is 7.45. The standard InChI is InChI=1S/C16H21ClO2/c1-3-12-4-6-13(7-5-12)16(18)19-15-9-8-14(17)10-11(15)2/h8-10,12-13H,3-7H2,1-2H3/t12-,13-. The van der Waals surface area contributed by atoms with Gasteiger partial charge in [0.1, 0.15) is 5.75 Å². The molecule has 0 aliphatic heterocycles. The van der Waals surface area contributed by atoms with Crippen molar-refractivity contribution in [2.45, 2.75) is 46.0 Å². The van der Waals surface area contributed by atoms with E-state index < -0.39 is 0 Å². The highest BCUT2D eigenvalue weighted by atomic mass is 35.5. The molecule has 0 saturated heterocycles. The number of halogens is 1. The average molecular weight is 281 g/mol. The second-order valence-corrected chi connectivity index (χ2v) is 5.89. The molecule has 0 atom stereocenters. The quantitative estimate of drug-likeness (QED) is 0.589. The fraction of sp³-hybridized carbons (Fsp3) is 0.562. The third-order valence-electron chi connectivity index (χ3n) is 4.10. The zero-order chi connectivity index (χ0) is 13.8. The van der Waals surface area contributed by atoms with Gasteiger partial charge in [-0.05, 0) is 62.3 Å². The van der Waals surface area contributed by atoms with E-state index in [2.05, 4.69) is 6.92 Å². The summed E-state index contributed by atoms with van der Waals surface area (Å²) in [5.41, 5.74) is 0.906. The van der Waals surface area contributed by atoms with Crippen LogP contribution in [-0.4, -0.2) is 5.97 Å². The number of carbonyl (C=O) groups is 1. The molecule has 0 spiro atoms. The van der Waals surface area contributed by atoms with E-state index in [1.807, 2.05) is 13.0 Å². The molecule has 0 bridgehead atoms. The Morgan fingerprint density at radius 3 is 2.58 bits per heavy atom. The summed E-state index contributed by atoms with van der Waals surface area (Å²) in [6.07, 6.45) is 5.44. The molecule has 1 aliphatic rings. The first-order valence-electron chi connectivity index (χ1n) is 7.08. The third kappa shape index (κ3) is 3.73. The molecular weight excluding hydrogens is 260 g/mol. The maximum Gasteiger partial charge on any atom is 0.314 e. The van der Waals surface area contributed by atoms with Crippen LogP contribution in [0, 0.1) is 18.8 Å². The van der Waals surface area contributed by atoms with Crippen molar-refractivity contribution in [1.82, 2.24) is 0 Å². The molecule has 19 heavy (non-hydrogen) atoms. The first-order chi connectivity index (χ1) is 9.10. The summed E-state index contributed by atoms with van der Waals surface area (Å²) in [4.78, 5) is 12.1. The van der Waals surface area contributed by atoms with Crippen LogP contribution in [-0.2, 0) is 4.79 Å². The summed E-state index contributed by atoms with van der Waals surface area (Å²) in [6.45, 7) is 4.13. The first kappa shape index (κ1) is 14.4. The molecule has 1 fully saturated rings. The van der Waals surface area contributed by atoms with Crippen molar-refractivity contribution in [1.29, 1.82) is 0 Å². The molecule has 2 rings (SSSR count). The minimum Gasteiger partial charge on any atom is -0.426 e. The molecule has 0 amide bonds. The highest BCUT2D eigenvalue weighted by Gasteiger charge is 2.27. The molecule has 1 saturated carbocycles. The van der Waals surface area contributed by atoms with Gasteiger partial charge in [-0.2, -0.15) is 0 Å². The van der Waals surface area contributed by atoms with Gasteiger partial charge in [0, 0.05) is 5.02 Å².